The van der Waals surface area contributed by atoms with Crippen molar-refractivity contribution in [3.8, 4) is 0 Å². The lowest BCUT2D eigenvalue weighted by Crippen LogP contribution is -2.61. The Morgan fingerprint density at radius 3 is 2.44 bits per heavy atom. The van der Waals surface area contributed by atoms with Crippen LogP contribution >= 0.6 is 0 Å². The number of aliphatic hydroxyl groups excluding tert-OH is 3. The molecule has 8 heteroatoms. The van der Waals surface area contributed by atoms with Gasteiger partial charge in [-0.25, -0.2) is 4.79 Å². The van der Waals surface area contributed by atoms with Gasteiger partial charge in [-0.2, -0.15) is 0 Å². The van der Waals surface area contributed by atoms with E-state index in [-0.39, 0.29) is 13.0 Å². The van der Waals surface area contributed by atoms with E-state index in [4.69, 9.17) is 14.2 Å². The molecule has 5 atom stereocenters. The van der Waals surface area contributed by atoms with Gasteiger partial charge in [0.25, 0.3) is 0 Å². The van der Waals surface area contributed by atoms with Crippen molar-refractivity contribution in [2.24, 2.45) is 0 Å². The Balaban J connectivity index is 2.01. The Labute approximate surface area is 144 Å². The maximum atomic E-state index is 12.0. The Kier molecular flexibility index (Phi) is 6.65. The highest BCUT2D eigenvalue weighted by Gasteiger charge is 2.49. The summed E-state index contributed by atoms with van der Waals surface area (Å²) in [4.78, 5) is 23.8. The normalized spacial score (nSPS) is 28.8. The average molecular weight is 352 g/mol. The summed E-state index contributed by atoms with van der Waals surface area (Å²) in [5.74, 6) is -1.69. The smallest absolute Gasteiger partial charge is 0.338 e. The van der Waals surface area contributed by atoms with Gasteiger partial charge in [-0.05, 0) is 5.56 Å². The van der Waals surface area contributed by atoms with E-state index in [0.29, 0.717) is 5.56 Å². The monoisotopic (exact) mass is 352 g/mol. The van der Waals surface area contributed by atoms with Crippen molar-refractivity contribution in [1.82, 2.24) is 0 Å². The molecule has 136 valence electrons. The van der Waals surface area contributed by atoms with E-state index < -0.39 is 42.6 Å². The average Bonchev–Trinajstić information content (AvgIpc) is 2.61. The first kappa shape index (κ1) is 19.1. The van der Waals surface area contributed by atoms with E-state index >= 15 is 0 Å². The molecule has 0 aliphatic carbocycles. The number of aliphatic hydroxyl groups is 3. The topological polar surface area (TPSA) is 123 Å². The molecular formula is C17H20O8. The van der Waals surface area contributed by atoms with Crippen LogP contribution in [0.5, 0.6) is 0 Å². The molecule has 8 nitrogen and oxygen atoms in total. The van der Waals surface area contributed by atoms with E-state index in [1.165, 1.54) is 6.08 Å². The van der Waals surface area contributed by atoms with Gasteiger partial charge in [-0.3, -0.25) is 4.79 Å². The minimum Gasteiger partial charge on any atom is -0.459 e. The summed E-state index contributed by atoms with van der Waals surface area (Å²) in [6.45, 7) is 3.26. The van der Waals surface area contributed by atoms with Crippen LogP contribution in [0.4, 0.5) is 0 Å². The van der Waals surface area contributed by atoms with Gasteiger partial charge in [0, 0.05) is 0 Å². The summed E-state index contributed by atoms with van der Waals surface area (Å²) in [6, 6.07) is 8.72. The molecule has 1 fully saturated rings. The first-order valence-corrected chi connectivity index (χ1v) is 7.64. The highest BCUT2D eigenvalue weighted by Crippen LogP contribution is 2.23. The largest absolute Gasteiger partial charge is 0.459 e. The van der Waals surface area contributed by atoms with E-state index in [0.717, 1.165) is 0 Å². The molecule has 0 amide bonds. The lowest BCUT2D eigenvalue weighted by Gasteiger charge is -2.38. The molecule has 0 aromatic heterocycles. The van der Waals surface area contributed by atoms with Crippen molar-refractivity contribution >= 4 is 11.9 Å². The predicted molar refractivity (Wildman–Crippen MR) is 84.1 cm³/mol. The lowest BCUT2D eigenvalue weighted by atomic mass is 9.99. The number of hydrogen-bond donors (Lipinski definition) is 3. The molecule has 0 spiro atoms. The van der Waals surface area contributed by atoms with Gasteiger partial charge in [-0.15, -0.1) is 0 Å². The molecule has 0 bridgehead atoms. The Hall–Kier alpha value is -2.26. The van der Waals surface area contributed by atoms with Crippen LogP contribution in [0.15, 0.2) is 43.0 Å². The first-order chi connectivity index (χ1) is 11.9. The Bertz CT molecular complexity index is 602. The maximum absolute atomic E-state index is 12.0. The fourth-order valence-corrected chi connectivity index (χ4v) is 2.30. The Morgan fingerprint density at radius 1 is 1.12 bits per heavy atom. The molecule has 1 aromatic rings. The van der Waals surface area contributed by atoms with E-state index in [9.17, 15) is 24.9 Å². The Morgan fingerprint density at radius 2 is 1.80 bits per heavy atom. The molecule has 3 N–H and O–H groups in total. The standard InChI is InChI=1S/C17H20O8/c1-2-8-23-16(22)15-13(20)12(19)14(21)17(25-15)24-11(18)9-10-6-4-3-5-7-10/h2-7,12-15,17,19-21H,1,8-9H2/t12-,13-,14+,15-,17+/m0/s1. The van der Waals surface area contributed by atoms with E-state index in [2.05, 4.69) is 6.58 Å². The van der Waals surface area contributed by atoms with Crippen LogP contribution in [-0.4, -0.2) is 64.6 Å². The summed E-state index contributed by atoms with van der Waals surface area (Å²) < 4.78 is 14.9. The zero-order valence-corrected chi connectivity index (χ0v) is 13.4. The second-order valence-corrected chi connectivity index (χ2v) is 5.47. The third kappa shape index (κ3) is 4.86. The van der Waals surface area contributed by atoms with Crippen molar-refractivity contribution < 1.29 is 39.1 Å². The van der Waals surface area contributed by atoms with Crippen LogP contribution in [0, 0.1) is 0 Å². The molecule has 0 radical (unpaired) electrons. The number of carbonyl (C=O) groups is 2. The van der Waals surface area contributed by atoms with Crippen LogP contribution in [0.3, 0.4) is 0 Å². The van der Waals surface area contributed by atoms with Gasteiger partial charge < -0.3 is 29.5 Å². The fourth-order valence-electron chi connectivity index (χ4n) is 2.30. The van der Waals surface area contributed by atoms with Gasteiger partial charge in [0.1, 0.15) is 24.9 Å². The summed E-state index contributed by atoms with van der Waals surface area (Å²) in [5, 5.41) is 29.6. The number of hydrogen-bond acceptors (Lipinski definition) is 8. The second kappa shape index (κ2) is 8.72. The van der Waals surface area contributed by atoms with Crippen molar-refractivity contribution in [3.05, 3.63) is 48.6 Å². The number of esters is 2. The van der Waals surface area contributed by atoms with Crippen molar-refractivity contribution in [1.29, 1.82) is 0 Å². The minimum absolute atomic E-state index is 0.0857. The van der Waals surface area contributed by atoms with Crippen LogP contribution in [0.2, 0.25) is 0 Å². The molecule has 1 aliphatic heterocycles. The fraction of sp³-hybridized carbons (Fsp3) is 0.412. The number of ether oxygens (including phenoxy) is 3. The maximum Gasteiger partial charge on any atom is 0.338 e. The van der Waals surface area contributed by atoms with Crippen molar-refractivity contribution in [2.45, 2.75) is 37.1 Å². The first-order valence-electron chi connectivity index (χ1n) is 7.64. The van der Waals surface area contributed by atoms with Gasteiger partial charge in [0.2, 0.25) is 6.29 Å². The molecule has 25 heavy (non-hydrogen) atoms. The van der Waals surface area contributed by atoms with Gasteiger partial charge in [0.15, 0.2) is 6.10 Å². The molecule has 1 aliphatic rings. The predicted octanol–water partition coefficient (Wildman–Crippen LogP) is -0.691. The van der Waals surface area contributed by atoms with E-state index in [1.807, 2.05) is 0 Å². The van der Waals surface area contributed by atoms with Crippen molar-refractivity contribution in [2.75, 3.05) is 6.61 Å². The summed E-state index contributed by atoms with van der Waals surface area (Å²) >= 11 is 0. The highest BCUT2D eigenvalue weighted by molar-refractivity contribution is 5.76. The number of rotatable bonds is 6. The highest BCUT2D eigenvalue weighted by atomic mass is 16.7. The quantitative estimate of drug-likeness (QED) is 0.454. The molecule has 1 aromatic carbocycles. The summed E-state index contributed by atoms with van der Waals surface area (Å²) in [5.41, 5.74) is 0.681. The zero-order chi connectivity index (χ0) is 18.4. The van der Waals surface area contributed by atoms with Gasteiger partial charge in [0.05, 0.1) is 6.42 Å². The molecular weight excluding hydrogens is 332 g/mol. The SMILES string of the molecule is C=CCOC(=O)[C@H]1O[C@@H](OC(=O)Cc2ccccc2)[C@H](O)[C@@H](O)[C@@H]1O. The summed E-state index contributed by atoms with van der Waals surface area (Å²) in [7, 11) is 0. The summed E-state index contributed by atoms with van der Waals surface area (Å²) in [6.07, 6.45) is -7.17. The molecule has 0 saturated carbocycles. The third-order valence-electron chi connectivity index (χ3n) is 3.58. The molecule has 2 rings (SSSR count). The van der Waals surface area contributed by atoms with Gasteiger partial charge in [-0.1, -0.05) is 43.0 Å². The van der Waals surface area contributed by atoms with Crippen molar-refractivity contribution in [3.63, 3.8) is 0 Å². The van der Waals surface area contributed by atoms with Gasteiger partial charge >= 0.3 is 11.9 Å². The molecule has 1 heterocycles. The number of carbonyl (C=O) groups excluding carboxylic acids is 2. The molecule has 1 saturated heterocycles. The lowest BCUT2D eigenvalue weighted by molar-refractivity contribution is -0.287. The van der Waals surface area contributed by atoms with Crippen LogP contribution in [0.25, 0.3) is 0 Å². The third-order valence-corrected chi connectivity index (χ3v) is 3.58. The van der Waals surface area contributed by atoms with Crippen LogP contribution in [-0.2, 0) is 30.2 Å². The number of benzene rings is 1. The second-order valence-electron chi connectivity index (χ2n) is 5.47. The minimum atomic E-state index is -1.75. The van der Waals surface area contributed by atoms with E-state index in [1.54, 1.807) is 30.3 Å². The molecule has 0 unspecified atom stereocenters. The zero-order valence-electron chi connectivity index (χ0n) is 13.4. The van der Waals surface area contributed by atoms with Crippen LogP contribution in [0.1, 0.15) is 5.56 Å². The van der Waals surface area contributed by atoms with Crippen LogP contribution < -0.4 is 0 Å².